The van der Waals surface area contributed by atoms with E-state index in [4.69, 9.17) is 16.9 Å². The number of halogens is 1. The first kappa shape index (κ1) is 11.0. The summed E-state index contributed by atoms with van der Waals surface area (Å²) in [6.45, 7) is 4.60. The standard InChI is InChI=1S/C12H12ClN3/c1-8-3-11-12(4-9(8)2)16(7-15-11)6-10(13)5-14/h3-4,7,10H,6H2,1-2H3. The first-order chi connectivity index (χ1) is 7.61. The van der Waals surface area contributed by atoms with Gasteiger partial charge >= 0.3 is 0 Å². The minimum Gasteiger partial charge on any atom is -0.328 e. The molecule has 0 saturated heterocycles. The maximum absolute atomic E-state index is 8.69. The summed E-state index contributed by atoms with van der Waals surface area (Å²) in [4.78, 5) is 4.30. The van der Waals surface area contributed by atoms with E-state index in [0.717, 1.165) is 11.0 Å². The van der Waals surface area contributed by atoms with Crippen LogP contribution < -0.4 is 0 Å². The summed E-state index contributed by atoms with van der Waals surface area (Å²) >= 11 is 5.82. The molecule has 0 N–H and O–H groups in total. The van der Waals surface area contributed by atoms with Crippen LogP contribution in [-0.2, 0) is 6.54 Å². The fourth-order valence-electron chi connectivity index (χ4n) is 1.67. The summed E-state index contributed by atoms with van der Waals surface area (Å²) in [5, 5.41) is 8.17. The van der Waals surface area contributed by atoms with Gasteiger partial charge in [0.2, 0.25) is 0 Å². The topological polar surface area (TPSA) is 41.6 Å². The first-order valence-electron chi connectivity index (χ1n) is 5.07. The molecule has 0 radical (unpaired) electrons. The lowest BCUT2D eigenvalue weighted by atomic mass is 10.1. The van der Waals surface area contributed by atoms with Crippen molar-refractivity contribution in [3.8, 4) is 6.07 Å². The van der Waals surface area contributed by atoms with Crippen molar-refractivity contribution >= 4 is 22.6 Å². The monoisotopic (exact) mass is 233 g/mol. The van der Waals surface area contributed by atoms with Gasteiger partial charge in [-0.2, -0.15) is 5.26 Å². The molecule has 1 heterocycles. The Hall–Kier alpha value is -1.53. The highest BCUT2D eigenvalue weighted by atomic mass is 35.5. The van der Waals surface area contributed by atoms with Gasteiger partial charge < -0.3 is 4.57 Å². The fraction of sp³-hybridized carbons (Fsp3) is 0.333. The number of aryl methyl sites for hydroxylation is 2. The molecule has 0 bridgehead atoms. The molecule has 1 unspecified atom stereocenters. The maximum atomic E-state index is 8.69. The van der Waals surface area contributed by atoms with Crippen LogP contribution in [0.1, 0.15) is 11.1 Å². The molecule has 0 aliphatic rings. The third kappa shape index (κ3) is 1.89. The summed E-state index contributed by atoms with van der Waals surface area (Å²) in [6.07, 6.45) is 1.73. The van der Waals surface area contributed by atoms with Crippen molar-refractivity contribution in [2.45, 2.75) is 25.8 Å². The number of rotatable bonds is 2. The molecule has 0 saturated carbocycles. The minimum atomic E-state index is -0.515. The van der Waals surface area contributed by atoms with Crippen LogP contribution in [0.15, 0.2) is 18.5 Å². The number of nitrogens with zero attached hydrogens (tertiary/aromatic N) is 3. The van der Waals surface area contributed by atoms with Crippen LogP contribution in [0.5, 0.6) is 0 Å². The maximum Gasteiger partial charge on any atom is 0.138 e. The summed E-state index contributed by atoms with van der Waals surface area (Å²) in [7, 11) is 0. The quantitative estimate of drug-likeness (QED) is 0.749. The Labute approximate surface area is 99.3 Å². The van der Waals surface area contributed by atoms with Gasteiger partial charge in [0, 0.05) is 0 Å². The van der Waals surface area contributed by atoms with Crippen molar-refractivity contribution in [3.05, 3.63) is 29.6 Å². The molecule has 2 aromatic rings. The van der Waals surface area contributed by atoms with Crippen LogP contribution in [0.25, 0.3) is 11.0 Å². The van der Waals surface area contributed by atoms with Gasteiger partial charge in [0.25, 0.3) is 0 Å². The fourth-order valence-corrected chi connectivity index (χ4v) is 1.82. The van der Waals surface area contributed by atoms with E-state index in [-0.39, 0.29) is 0 Å². The van der Waals surface area contributed by atoms with Crippen molar-refractivity contribution in [1.82, 2.24) is 9.55 Å². The third-order valence-corrected chi connectivity index (χ3v) is 2.97. The Morgan fingerprint density at radius 1 is 1.44 bits per heavy atom. The highest BCUT2D eigenvalue weighted by Gasteiger charge is 2.08. The zero-order valence-electron chi connectivity index (χ0n) is 9.24. The predicted molar refractivity (Wildman–Crippen MR) is 64.5 cm³/mol. The number of hydrogen-bond donors (Lipinski definition) is 0. The average Bonchev–Trinajstić information content (AvgIpc) is 2.62. The molecule has 82 valence electrons. The van der Waals surface area contributed by atoms with Gasteiger partial charge in [0.1, 0.15) is 5.38 Å². The normalized spacial score (nSPS) is 12.6. The lowest BCUT2D eigenvalue weighted by Gasteiger charge is -2.05. The van der Waals surface area contributed by atoms with E-state index in [9.17, 15) is 0 Å². The van der Waals surface area contributed by atoms with Gasteiger partial charge in [-0.3, -0.25) is 0 Å². The Morgan fingerprint density at radius 3 is 2.81 bits per heavy atom. The van der Waals surface area contributed by atoms with Gasteiger partial charge in [0.05, 0.1) is 30.0 Å². The zero-order valence-corrected chi connectivity index (χ0v) is 9.99. The Morgan fingerprint density at radius 2 is 2.12 bits per heavy atom. The van der Waals surface area contributed by atoms with Gasteiger partial charge in [-0.15, -0.1) is 11.6 Å². The second-order valence-corrected chi connectivity index (χ2v) is 4.45. The van der Waals surface area contributed by atoms with Crippen LogP contribution in [0.2, 0.25) is 0 Å². The largest absolute Gasteiger partial charge is 0.328 e. The first-order valence-corrected chi connectivity index (χ1v) is 5.51. The Balaban J connectivity index is 2.49. The molecular weight excluding hydrogens is 222 g/mol. The second kappa shape index (κ2) is 4.15. The lowest BCUT2D eigenvalue weighted by Crippen LogP contribution is -2.07. The average molecular weight is 234 g/mol. The molecule has 0 amide bonds. The van der Waals surface area contributed by atoms with Crippen molar-refractivity contribution in [3.63, 3.8) is 0 Å². The van der Waals surface area contributed by atoms with Crippen molar-refractivity contribution in [2.24, 2.45) is 0 Å². The molecule has 0 spiro atoms. The molecule has 2 rings (SSSR count). The van der Waals surface area contributed by atoms with Crippen LogP contribution in [0, 0.1) is 25.2 Å². The molecular formula is C12H12ClN3. The number of nitriles is 1. The van der Waals surface area contributed by atoms with Gasteiger partial charge in [-0.25, -0.2) is 4.98 Å². The SMILES string of the molecule is Cc1cc2ncn(CC(Cl)C#N)c2cc1C. The van der Waals surface area contributed by atoms with E-state index in [1.165, 1.54) is 11.1 Å². The number of hydrogen-bond acceptors (Lipinski definition) is 2. The van der Waals surface area contributed by atoms with E-state index in [2.05, 4.69) is 31.0 Å². The van der Waals surface area contributed by atoms with Crippen molar-refractivity contribution < 1.29 is 0 Å². The summed E-state index contributed by atoms with van der Waals surface area (Å²) in [6, 6.07) is 6.15. The molecule has 1 atom stereocenters. The third-order valence-electron chi connectivity index (χ3n) is 2.73. The number of aromatic nitrogens is 2. The van der Waals surface area contributed by atoms with Crippen molar-refractivity contribution in [1.29, 1.82) is 5.26 Å². The molecule has 1 aromatic carbocycles. The molecule has 16 heavy (non-hydrogen) atoms. The van der Waals surface area contributed by atoms with Crippen LogP contribution in [0.4, 0.5) is 0 Å². The van der Waals surface area contributed by atoms with E-state index in [1.807, 2.05) is 10.6 Å². The minimum absolute atomic E-state index is 0.469. The molecule has 3 nitrogen and oxygen atoms in total. The smallest absolute Gasteiger partial charge is 0.138 e. The van der Waals surface area contributed by atoms with Crippen molar-refractivity contribution in [2.75, 3.05) is 0 Å². The number of alkyl halides is 1. The number of fused-ring (bicyclic) bond motifs is 1. The number of imidazole rings is 1. The van der Waals surface area contributed by atoms with E-state index < -0.39 is 5.38 Å². The molecule has 0 aliphatic heterocycles. The molecule has 0 aliphatic carbocycles. The summed E-state index contributed by atoms with van der Waals surface area (Å²) in [5.41, 5.74) is 4.42. The highest BCUT2D eigenvalue weighted by molar-refractivity contribution is 6.22. The van der Waals surface area contributed by atoms with Gasteiger partial charge in [0.15, 0.2) is 0 Å². The van der Waals surface area contributed by atoms with Crippen LogP contribution in [0.3, 0.4) is 0 Å². The second-order valence-electron chi connectivity index (χ2n) is 3.92. The highest BCUT2D eigenvalue weighted by Crippen LogP contribution is 2.19. The van der Waals surface area contributed by atoms with E-state index >= 15 is 0 Å². The predicted octanol–water partition coefficient (Wildman–Crippen LogP) is 2.78. The summed E-state index contributed by atoms with van der Waals surface area (Å²) < 4.78 is 1.92. The molecule has 0 fully saturated rings. The molecule has 1 aromatic heterocycles. The molecule has 4 heteroatoms. The van der Waals surface area contributed by atoms with E-state index in [0.29, 0.717) is 6.54 Å². The van der Waals surface area contributed by atoms with Gasteiger partial charge in [-0.1, -0.05) is 0 Å². The Kier molecular flexibility index (Phi) is 2.84. The van der Waals surface area contributed by atoms with E-state index in [1.54, 1.807) is 6.33 Å². The lowest BCUT2D eigenvalue weighted by molar-refractivity contribution is 0.741. The zero-order chi connectivity index (χ0) is 11.7. The van der Waals surface area contributed by atoms with Crippen LogP contribution >= 0.6 is 11.6 Å². The van der Waals surface area contributed by atoms with Crippen LogP contribution in [-0.4, -0.2) is 14.9 Å². The van der Waals surface area contributed by atoms with Gasteiger partial charge in [-0.05, 0) is 37.1 Å². The number of benzene rings is 1. The summed E-state index contributed by atoms with van der Waals surface area (Å²) in [5.74, 6) is 0. The Bertz CT molecular complexity index is 565.